The number of hydrogen-bond donors (Lipinski definition) is 2. The Hall–Kier alpha value is -3.05. The number of halogens is 2. The predicted octanol–water partition coefficient (Wildman–Crippen LogP) is 5.52. The molecule has 0 aromatic carbocycles. The lowest BCUT2D eigenvalue weighted by atomic mass is 10.1. The van der Waals surface area contributed by atoms with Gasteiger partial charge in [0.05, 0.1) is 39.4 Å². The van der Waals surface area contributed by atoms with Gasteiger partial charge in [0.15, 0.2) is 5.13 Å². The van der Waals surface area contributed by atoms with Gasteiger partial charge in [-0.2, -0.15) is 9.49 Å². The molecule has 0 unspecified atom stereocenters. The van der Waals surface area contributed by atoms with Crippen molar-refractivity contribution in [2.24, 2.45) is 4.99 Å². The number of nitrogens with one attached hydrogen (secondary N) is 2. The Morgan fingerprint density at radius 2 is 1.93 bits per heavy atom. The molecule has 0 bridgehead atoms. The third-order valence-corrected chi connectivity index (χ3v) is 7.40. The minimum atomic E-state index is -0.224. The maximum Gasteiger partial charge on any atom is 0.177 e. The summed E-state index contributed by atoms with van der Waals surface area (Å²) in [5.74, 6) is 0. The Kier molecular flexibility index (Phi) is 4.16. The van der Waals surface area contributed by atoms with Crippen molar-refractivity contribution in [2.45, 2.75) is 0 Å². The van der Waals surface area contributed by atoms with E-state index in [2.05, 4.69) is 38.2 Å². The van der Waals surface area contributed by atoms with Crippen LogP contribution in [0.4, 0.5) is 4.39 Å². The van der Waals surface area contributed by atoms with E-state index >= 15 is 0 Å². The second-order valence-corrected chi connectivity index (χ2v) is 9.71. The first kappa shape index (κ1) is 17.8. The Labute approximate surface area is 183 Å². The fraction of sp³-hybridized carbons (Fsp3) is 0. The summed E-state index contributed by atoms with van der Waals surface area (Å²) in [7, 11) is 0. The van der Waals surface area contributed by atoms with Gasteiger partial charge in [-0.25, -0.2) is 0 Å². The van der Waals surface area contributed by atoms with Gasteiger partial charge in [0, 0.05) is 28.7 Å². The highest BCUT2D eigenvalue weighted by Gasteiger charge is 2.16. The Morgan fingerprint density at radius 3 is 2.77 bits per heavy atom. The van der Waals surface area contributed by atoms with E-state index in [0.29, 0.717) is 0 Å². The molecule has 1 aliphatic heterocycles. The van der Waals surface area contributed by atoms with E-state index in [1.807, 2.05) is 24.4 Å². The van der Waals surface area contributed by atoms with E-state index in [-0.39, 0.29) is 25.9 Å². The number of thiophene rings is 1. The predicted molar refractivity (Wildman–Crippen MR) is 129 cm³/mol. The van der Waals surface area contributed by atoms with Crippen LogP contribution in [-0.4, -0.2) is 35.4 Å². The highest BCUT2D eigenvalue weighted by molar-refractivity contribution is 14.2. The molecule has 5 aromatic heterocycles. The molecule has 0 fully saturated rings. The van der Waals surface area contributed by atoms with Gasteiger partial charge in [-0.15, -0.1) is 11.3 Å². The van der Waals surface area contributed by atoms with Crippen molar-refractivity contribution < 1.29 is 4.39 Å². The van der Waals surface area contributed by atoms with Crippen LogP contribution in [0.15, 0.2) is 51.8 Å². The van der Waals surface area contributed by atoms with Crippen molar-refractivity contribution in [3.05, 3.63) is 57.6 Å². The lowest BCUT2D eigenvalue weighted by molar-refractivity contribution is 0.657. The van der Waals surface area contributed by atoms with Crippen LogP contribution in [0.3, 0.4) is 0 Å². The van der Waals surface area contributed by atoms with Gasteiger partial charge in [-0.1, -0.05) is 20.7 Å². The van der Waals surface area contributed by atoms with Gasteiger partial charge in [0.2, 0.25) is 0 Å². The van der Waals surface area contributed by atoms with Crippen LogP contribution in [0, 0.1) is 5.13 Å². The van der Waals surface area contributed by atoms with Gasteiger partial charge in [0.25, 0.3) is 0 Å². The van der Waals surface area contributed by atoms with Gasteiger partial charge < -0.3 is 4.98 Å². The van der Waals surface area contributed by atoms with E-state index in [9.17, 15) is 4.39 Å². The third kappa shape index (κ3) is 2.92. The molecule has 9 heteroatoms. The van der Waals surface area contributed by atoms with E-state index in [0.717, 1.165) is 66.5 Å². The number of pyridine rings is 2. The second-order valence-electron chi connectivity index (χ2n) is 6.62. The number of fused-ring (bicyclic) bond motifs is 2. The minimum Gasteiger partial charge on any atom is -0.353 e. The number of hydrogen-bond acceptors (Lipinski definition) is 5. The largest absolute Gasteiger partial charge is 0.353 e. The highest BCUT2D eigenvalue weighted by Crippen LogP contribution is 2.35. The van der Waals surface area contributed by atoms with E-state index in [4.69, 9.17) is 0 Å². The molecule has 2 N–H and O–H groups in total. The Morgan fingerprint density at radius 1 is 1.00 bits per heavy atom. The minimum absolute atomic E-state index is 0.114. The van der Waals surface area contributed by atoms with Gasteiger partial charge >= 0.3 is 0 Å². The van der Waals surface area contributed by atoms with E-state index in [1.165, 1.54) is 6.07 Å². The first-order valence-corrected chi connectivity index (χ1v) is 12.3. The molecule has 1 aliphatic rings. The fourth-order valence-corrected chi connectivity index (χ4v) is 5.58. The van der Waals surface area contributed by atoms with Crippen molar-refractivity contribution in [2.75, 3.05) is 0 Å². The summed E-state index contributed by atoms with van der Waals surface area (Å²) >= 11 is 0.976. The van der Waals surface area contributed by atoms with Gasteiger partial charge in [-0.05, 0) is 38.4 Å². The first-order valence-electron chi connectivity index (χ1n) is 9.02. The van der Waals surface area contributed by atoms with Crippen molar-refractivity contribution in [3.8, 4) is 22.0 Å². The van der Waals surface area contributed by atoms with Crippen LogP contribution < -0.4 is 0 Å². The molecule has 5 aromatic rings. The Bertz CT molecular complexity index is 1520. The number of H-pyrrole nitrogens is 2. The molecular weight excluding hydrogens is 514 g/mol. The molecule has 0 spiro atoms. The zero-order chi connectivity index (χ0) is 20.1. The molecule has 0 atom stereocenters. The van der Waals surface area contributed by atoms with E-state index < -0.39 is 0 Å². The summed E-state index contributed by atoms with van der Waals surface area (Å²) in [5, 5.41) is 9.25. The average Bonchev–Trinajstić information content (AvgIpc) is 3.51. The summed E-state index contributed by atoms with van der Waals surface area (Å²) in [5.41, 5.74) is 5.94. The number of nitrogens with zero attached hydrogens (tertiary/aromatic N) is 4. The summed E-state index contributed by atoms with van der Waals surface area (Å²) in [4.78, 5) is 17.7. The first-order chi connectivity index (χ1) is 14.8. The molecular formula is C21H12FIN6S. The topological polar surface area (TPSA) is 82.6 Å². The maximum atomic E-state index is 13.6. The van der Waals surface area contributed by atoms with Gasteiger partial charge in [-0.3, -0.25) is 20.1 Å². The average molecular weight is 526 g/mol. The van der Waals surface area contributed by atoms with E-state index in [1.54, 1.807) is 18.5 Å². The third-order valence-electron chi connectivity index (χ3n) is 4.83. The molecule has 6 rings (SSSR count). The number of aliphatic imine (C=N–C) groups is 1. The molecule has 0 amide bonds. The molecule has 0 saturated heterocycles. The van der Waals surface area contributed by atoms with Crippen molar-refractivity contribution in [1.82, 2.24) is 25.1 Å². The standard InChI is InChI=1S/C21H12FIN6S/c22-19-2-1-18(30-19)21-11-8-15(27-13(11)3-5-25-21)20-12-7-14(16-9-23-4-6-24-16)26-10-17(12)28-29-20/h1-10,27H,(H,28,29). The SMILES string of the molecule is Fc1ccc(-c2nccc3[nH]c(-c4n[nH]c5cnc(C6=CI=CC=N6)cc45)cc23)s1. The fourth-order valence-electron chi connectivity index (χ4n) is 3.47. The van der Waals surface area contributed by atoms with Crippen molar-refractivity contribution >= 4 is 69.8 Å². The van der Waals surface area contributed by atoms with Gasteiger partial charge in [0.1, 0.15) is 5.69 Å². The molecule has 146 valence electrons. The lowest BCUT2D eigenvalue weighted by Crippen LogP contribution is -1.89. The normalized spacial score (nSPS) is 13.7. The zero-order valence-corrected chi connectivity index (χ0v) is 18.2. The highest BCUT2D eigenvalue weighted by atomic mass is 127. The summed E-state index contributed by atoms with van der Waals surface area (Å²) in [6, 6.07) is 9.17. The van der Waals surface area contributed by atoms with Crippen LogP contribution in [0.25, 0.3) is 49.5 Å². The maximum absolute atomic E-state index is 13.6. The lowest BCUT2D eigenvalue weighted by Gasteiger charge is -2.02. The van der Waals surface area contributed by atoms with Crippen LogP contribution in [-0.2, 0) is 0 Å². The van der Waals surface area contributed by atoms with Crippen molar-refractivity contribution in [3.63, 3.8) is 0 Å². The number of rotatable bonds is 3. The Balaban J connectivity index is 1.51. The molecule has 0 aliphatic carbocycles. The van der Waals surface area contributed by atoms with Crippen molar-refractivity contribution in [1.29, 1.82) is 0 Å². The molecule has 30 heavy (non-hydrogen) atoms. The quantitative estimate of drug-likeness (QED) is 0.304. The molecule has 6 nitrogen and oxygen atoms in total. The summed E-state index contributed by atoms with van der Waals surface area (Å²) in [6.45, 7) is 0. The monoisotopic (exact) mass is 526 g/mol. The molecule has 6 heterocycles. The summed E-state index contributed by atoms with van der Waals surface area (Å²) in [6.07, 6.45) is 5.37. The molecule has 0 radical (unpaired) electrons. The number of aromatic nitrogens is 5. The summed E-state index contributed by atoms with van der Waals surface area (Å²) < 4.78 is 17.8. The smallest absolute Gasteiger partial charge is 0.177 e. The zero-order valence-electron chi connectivity index (χ0n) is 15.2. The van der Waals surface area contributed by atoms with Crippen LogP contribution in [0.2, 0.25) is 0 Å². The second kappa shape index (κ2) is 7.03. The van der Waals surface area contributed by atoms with Crippen LogP contribution >= 0.6 is 32.1 Å². The van der Waals surface area contributed by atoms with Crippen LogP contribution in [0.5, 0.6) is 0 Å². The van der Waals surface area contributed by atoms with Crippen LogP contribution in [0.1, 0.15) is 5.69 Å². The number of aromatic amines is 2. The molecule has 0 saturated carbocycles.